The van der Waals surface area contributed by atoms with Gasteiger partial charge in [-0.05, 0) is 48.4 Å². The van der Waals surface area contributed by atoms with E-state index in [1.807, 2.05) is 36.4 Å². The highest BCUT2D eigenvalue weighted by atomic mass is 16.5. The Hall–Kier alpha value is -2.20. The molecule has 0 aliphatic rings. The van der Waals surface area contributed by atoms with Gasteiger partial charge in [-0.3, -0.25) is 0 Å². The van der Waals surface area contributed by atoms with Gasteiger partial charge in [-0.25, -0.2) is 0 Å². The minimum atomic E-state index is -0.687. The maximum atomic E-state index is 9.90. The van der Waals surface area contributed by atoms with Crippen LogP contribution in [0.2, 0.25) is 0 Å². The van der Waals surface area contributed by atoms with Gasteiger partial charge in [-0.15, -0.1) is 0 Å². The van der Waals surface area contributed by atoms with Crippen LogP contribution in [0.5, 0.6) is 17.2 Å². The van der Waals surface area contributed by atoms with Crippen molar-refractivity contribution in [3.63, 3.8) is 0 Å². The van der Waals surface area contributed by atoms with E-state index in [0.29, 0.717) is 5.75 Å². The van der Waals surface area contributed by atoms with Gasteiger partial charge in [-0.2, -0.15) is 0 Å². The van der Waals surface area contributed by atoms with Crippen LogP contribution >= 0.6 is 0 Å². The topological polar surface area (TPSA) is 47.9 Å². The minimum Gasteiger partial charge on any atom is -0.497 e. The highest BCUT2D eigenvalue weighted by Crippen LogP contribution is 2.17. The van der Waals surface area contributed by atoms with Crippen molar-refractivity contribution < 1.29 is 19.3 Å². The molecular weight excluding hydrogens is 280 g/mol. The van der Waals surface area contributed by atoms with E-state index in [4.69, 9.17) is 14.2 Å². The first-order valence-electron chi connectivity index (χ1n) is 7.38. The van der Waals surface area contributed by atoms with Crippen molar-refractivity contribution in [3.8, 4) is 17.2 Å². The zero-order valence-electron chi connectivity index (χ0n) is 13.0. The third kappa shape index (κ3) is 4.97. The number of benzene rings is 2. The molecule has 0 amide bonds. The molecule has 0 aromatic heterocycles. The van der Waals surface area contributed by atoms with E-state index in [1.54, 1.807) is 19.2 Å². The summed E-state index contributed by atoms with van der Waals surface area (Å²) >= 11 is 0. The second-order valence-electron chi connectivity index (χ2n) is 4.95. The fourth-order valence-electron chi connectivity index (χ4n) is 1.93. The molecule has 118 valence electrons. The summed E-state index contributed by atoms with van der Waals surface area (Å²) < 4.78 is 16.1. The predicted octanol–water partition coefficient (Wildman–Crippen LogP) is 3.08. The Morgan fingerprint density at radius 3 is 1.73 bits per heavy atom. The molecule has 4 nitrogen and oxygen atoms in total. The maximum absolute atomic E-state index is 9.90. The van der Waals surface area contributed by atoms with Crippen LogP contribution in [0.4, 0.5) is 0 Å². The van der Waals surface area contributed by atoms with Gasteiger partial charge in [0.25, 0.3) is 0 Å². The normalized spacial score (nSPS) is 11.8. The molecule has 4 heteroatoms. The Morgan fingerprint density at radius 2 is 1.27 bits per heavy atom. The Balaban J connectivity index is 1.73. The summed E-state index contributed by atoms with van der Waals surface area (Å²) in [5.74, 6) is 2.21. The van der Waals surface area contributed by atoms with Crippen LogP contribution in [0.3, 0.4) is 0 Å². The van der Waals surface area contributed by atoms with Crippen molar-refractivity contribution in [2.45, 2.75) is 19.4 Å². The van der Waals surface area contributed by atoms with Crippen LogP contribution in [0.25, 0.3) is 0 Å². The van der Waals surface area contributed by atoms with Crippen LogP contribution in [0.15, 0.2) is 48.5 Å². The molecule has 2 rings (SSSR count). The van der Waals surface area contributed by atoms with E-state index in [0.717, 1.165) is 17.9 Å². The molecule has 0 spiro atoms. The van der Waals surface area contributed by atoms with Crippen molar-refractivity contribution in [1.82, 2.24) is 0 Å². The second kappa shape index (κ2) is 8.29. The van der Waals surface area contributed by atoms with Crippen LogP contribution in [0.1, 0.15) is 12.5 Å². The number of hydrogen-bond acceptors (Lipinski definition) is 4. The molecule has 0 radical (unpaired) electrons. The average Bonchev–Trinajstić information content (AvgIpc) is 2.59. The highest BCUT2D eigenvalue weighted by Gasteiger charge is 2.07. The molecule has 1 N–H and O–H groups in total. The van der Waals surface area contributed by atoms with E-state index in [-0.39, 0.29) is 13.2 Å². The molecule has 2 aromatic rings. The Labute approximate surface area is 131 Å². The number of rotatable bonds is 8. The number of hydrogen-bond donors (Lipinski definition) is 1. The van der Waals surface area contributed by atoms with Gasteiger partial charge in [0.2, 0.25) is 0 Å². The highest BCUT2D eigenvalue weighted by molar-refractivity contribution is 5.31. The van der Waals surface area contributed by atoms with Gasteiger partial charge in [0.15, 0.2) is 0 Å². The molecule has 22 heavy (non-hydrogen) atoms. The van der Waals surface area contributed by atoms with E-state index in [9.17, 15) is 5.11 Å². The summed E-state index contributed by atoms with van der Waals surface area (Å²) in [5, 5.41) is 9.90. The third-order valence-electron chi connectivity index (χ3n) is 3.28. The van der Waals surface area contributed by atoms with Gasteiger partial charge >= 0.3 is 0 Å². The number of ether oxygens (including phenoxy) is 3. The monoisotopic (exact) mass is 302 g/mol. The lowest BCUT2D eigenvalue weighted by atomic mass is 10.2. The van der Waals surface area contributed by atoms with Gasteiger partial charge < -0.3 is 19.3 Å². The molecule has 2 aromatic carbocycles. The van der Waals surface area contributed by atoms with Crippen molar-refractivity contribution >= 4 is 0 Å². The molecule has 0 heterocycles. The zero-order chi connectivity index (χ0) is 15.8. The SMILES string of the molecule is CCc1ccc(OCC(O)COc2ccc(OC)cc2)cc1. The van der Waals surface area contributed by atoms with E-state index >= 15 is 0 Å². The summed E-state index contributed by atoms with van der Waals surface area (Å²) in [6.45, 7) is 2.48. The summed E-state index contributed by atoms with van der Waals surface area (Å²) in [6.07, 6.45) is 0.312. The smallest absolute Gasteiger partial charge is 0.122 e. The van der Waals surface area contributed by atoms with Crippen LogP contribution in [-0.4, -0.2) is 31.5 Å². The first-order chi connectivity index (χ1) is 10.7. The standard InChI is InChI=1S/C18H22O4/c1-3-14-4-6-17(7-5-14)21-12-15(19)13-22-18-10-8-16(20-2)9-11-18/h4-11,15,19H,3,12-13H2,1-2H3. The summed E-state index contributed by atoms with van der Waals surface area (Å²) in [6, 6.07) is 15.1. The first kappa shape index (κ1) is 16.2. The predicted molar refractivity (Wildman–Crippen MR) is 85.8 cm³/mol. The van der Waals surface area contributed by atoms with E-state index in [2.05, 4.69) is 6.92 Å². The summed E-state index contributed by atoms with van der Waals surface area (Å²) in [4.78, 5) is 0. The van der Waals surface area contributed by atoms with Crippen LogP contribution in [-0.2, 0) is 6.42 Å². The lowest BCUT2D eigenvalue weighted by Crippen LogP contribution is -2.25. The number of aliphatic hydroxyl groups excluding tert-OH is 1. The number of methoxy groups -OCH3 is 1. The van der Waals surface area contributed by atoms with Gasteiger partial charge in [-0.1, -0.05) is 19.1 Å². The maximum Gasteiger partial charge on any atom is 0.122 e. The Morgan fingerprint density at radius 1 is 0.818 bits per heavy atom. The fourth-order valence-corrected chi connectivity index (χ4v) is 1.93. The molecule has 0 aliphatic heterocycles. The van der Waals surface area contributed by atoms with Crippen LogP contribution in [0, 0.1) is 0 Å². The number of aryl methyl sites for hydroxylation is 1. The molecule has 1 atom stereocenters. The van der Waals surface area contributed by atoms with E-state index in [1.165, 1.54) is 5.56 Å². The molecule has 0 bridgehead atoms. The molecule has 0 aliphatic carbocycles. The number of aliphatic hydroxyl groups is 1. The minimum absolute atomic E-state index is 0.180. The molecule has 0 saturated carbocycles. The Bertz CT molecular complexity index is 497. The van der Waals surface area contributed by atoms with Gasteiger partial charge in [0, 0.05) is 0 Å². The first-order valence-corrected chi connectivity index (χ1v) is 7.38. The zero-order valence-corrected chi connectivity index (χ0v) is 13.0. The molecule has 1 unspecified atom stereocenters. The van der Waals surface area contributed by atoms with Crippen LogP contribution < -0.4 is 14.2 Å². The second-order valence-corrected chi connectivity index (χ2v) is 4.95. The molecular formula is C18H22O4. The van der Waals surface area contributed by atoms with Gasteiger partial charge in [0.1, 0.15) is 36.6 Å². The molecule has 0 fully saturated rings. The summed E-state index contributed by atoms with van der Waals surface area (Å²) in [5.41, 5.74) is 1.26. The van der Waals surface area contributed by atoms with Crippen molar-refractivity contribution in [3.05, 3.63) is 54.1 Å². The third-order valence-corrected chi connectivity index (χ3v) is 3.28. The van der Waals surface area contributed by atoms with Crippen molar-refractivity contribution in [1.29, 1.82) is 0 Å². The summed E-state index contributed by atoms with van der Waals surface area (Å²) in [7, 11) is 1.62. The Kier molecular flexibility index (Phi) is 6.10. The van der Waals surface area contributed by atoms with E-state index < -0.39 is 6.10 Å². The average molecular weight is 302 g/mol. The fraction of sp³-hybridized carbons (Fsp3) is 0.333. The molecule has 0 saturated heterocycles. The quantitative estimate of drug-likeness (QED) is 0.814. The van der Waals surface area contributed by atoms with Crippen molar-refractivity contribution in [2.24, 2.45) is 0 Å². The largest absolute Gasteiger partial charge is 0.497 e. The lowest BCUT2D eigenvalue weighted by Gasteiger charge is -2.14. The lowest BCUT2D eigenvalue weighted by molar-refractivity contribution is 0.0626. The van der Waals surface area contributed by atoms with Gasteiger partial charge in [0.05, 0.1) is 7.11 Å². The van der Waals surface area contributed by atoms with Crippen molar-refractivity contribution in [2.75, 3.05) is 20.3 Å².